The molecular formula is C20H12N8O3S. The Hall–Kier alpha value is -4.58. The van der Waals surface area contributed by atoms with Crippen molar-refractivity contribution in [2.45, 2.75) is 0 Å². The van der Waals surface area contributed by atoms with E-state index in [-0.39, 0.29) is 5.69 Å². The standard InChI is InChI=1S/C20H12N8O3S/c29-17(13-4-2-1-3-5-13)24-20-26(14-6-8-15(9-7-14)28(30)31)25-18(32-20)16-10-11-21-19-22-12-23-27(16)19/h1-12H. The topological polar surface area (TPSA) is 133 Å². The maximum absolute atomic E-state index is 12.7. The van der Waals surface area contributed by atoms with Gasteiger partial charge in [0, 0.05) is 23.9 Å². The first-order valence-corrected chi connectivity index (χ1v) is 10.1. The van der Waals surface area contributed by atoms with Gasteiger partial charge in [0.25, 0.3) is 17.4 Å². The molecule has 3 heterocycles. The lowest BCUT2D eigenvalue weighted by Gasteiger charge is -2.01. The van der Waals surface area contributed by atoms with Crippen molar-refractivity contribution in [3.8, 4) is 16.4 Å². The molecule has 0 saturated heterocycles. The molecule has 3 aromatic heterocycles. The van der Waals surface area contributed by atoms with Crippen LogP contribution in [0.25, 0.3) is 22.2 Å². The molecule has 0 bridgehead atoms. The fourth-order valence-electron chi connectivity index (χ4n) is 2.97. The summed E-state index contributed by atoms with van der Waals surface area (Å²) in [4.78, 5) is 36.0. The molecular weight excluding hydrogens is 432 g/mol. The van der Waals surface area contributed by atoms with Crippen molar-refractivity contribution in [3.05, 3.63) is 93.7 Å². The number of aromatic nitrogens is 6. The molecule has 0 radical (unpaired) electrons. The molecule has 32 heavy (non-hydrogen) atoms. The van der Waals surface area contributed by atoms with Crippen molar-refractivity contribution in [2.24, 2.45) is 4.99 Å². The van der Waals surface area contributed by atoms with E-state index in [1.807, 2.05) is 6.07 Å². The van der Waals surface area contributed by atoms with E-state index < -0.39 is 10.8 Å². The zero-order valence-corrected chi connectivity index (χ0v) is 17.0. The van der Waals surface area contributed by atoms with Crippen molar-refractivity contribution in [1.29, 1.82) is 0 Å². The van der Waals surface area contributed by atoms with E-state index in [2.05, 4.69) is 25.2 Å². The average Bonchev–Trinajstić information content (AvgIpc) is 3.47. The van der Waals surface area contributed by atoms with Crippen LogP contribution in [0.5, 0.6) is 0 Å². The van der Waals surface area contributed by atoms with Gasteiger partial charge in [0.2, 0.25) is 4.80 Å². The van der Waals surface area contributed by atoms with Crippen molar-refractivity contribution < 1.29 is 9.72 Å². The van der Waals surface area contributed by atoms with E-state index in [4.69, 9.17) is 0 Å². The predicted octanol–water partition coefficient (Wildman–Crippen LogP) is 2.69. The Bertz CT molecular complexity index is 1520. The molecule has 0 aliphatic carbocycles. The van der Waals surface area contributed by atoms with E-state index in [0.29, 0.717) is 32.5 Å². The monoisotopic (exact) mass is 444 g/mol. The summed E-state index contributed by atoms with van der Waals surface area (Å²) < 4.78 is 3.00. The van der Waals surface area contributed by atoms with Gasteiger partial charge >= 0.3 is 0 Å². The number of hydrogen-bond donors (Lipinski definition) is 0. The number of nitro groups is 1. The summed E-state index contributed by atoms with van der Waals surface area (Å²) in [6.07, 6.45) is 2.97. The summed E-state index contributed by atoms with van der Waals surface area (Å²) in [5.74, 6) is -0.0319. The van der Waals surface area contributed by atoms with Crippen LogP contribution in [-0.4, -0.2) is 40.2 Å². The Morgan fingerprint density at radius 2 is 1.81 bits per heavy atom. The number of nitro benzene ring substituents is 1. The minimum absolute atomic E-state index is 0.0536. The van der Waals surface area contributed by atoms with Crippen molar-refractivity contribution >= 4 is 28.7 Å². The number of benzene rings is 2. The van der Waals surface area contributed by atoms with E-state index >= 15 is 0 Å². The van der Waals surface area contributed by atoms with Crippen LogP contribution in [0.3, 0.4) is 0 Å². The van der Waals surface area contributed by atoms with E-state index in [1.165, 1.54) is 39.0 Å². The molecule has 0 atom stereocenters. The summed E-state index contributed by atoms with van der Waals surface area (Å²) in [6.45, 7) is 0. The van der Waals surface area contributed by atoms with Crippen LogP contribution in [0.4, 0.5) is 5.69 Å². The largest absolute Gasteiger partial charge is 0.279 e. The third-order valence-electron chi connectivity index (χ3n) is 4.48. The van der Waals surface area contributed by atoms with Crippen LogP contribution < -0.4 is 4.80 Å². The maximum atomic E-state index is 12.7. The first-order valence-electron chi connectivity index (χ1n) is 9.24. The van der Waals surface area contributed by atoms with Gasteiger partial charge in [-0.1, -0.05) is 29.5 Å². The quantitative estimate of drug-likeness (QED) is 0.307. The lowest BCUT2D eigenvalue weighted by molar-refractivity contribution is -0.384. The molecule has 11 nitrogen and oxygen atoms in total. The van der Waals surface area contributed by atoms with E-state index in [9.17, 15) is 14.9 Å². The van der Waals surface area contributed by atoms with Crippen LogP contribution in [-0.2, 0) is 0 Å². The summed E-state index contributed by atoms with van der Waals surface area (Å²) >= 11 is 1.17. The smallest absolute Gasteiger partial charge is 0.267 e. The van der Waals surface area contributed by atoms with Crippen LogP contribution in [0.15, 0.2) is 78.2 Å². The molecule has 0 N–H and O–H groups in total. The number of carbonyl (C=O) groups excluding carboxylic acids is 1. The highest BCUT2D eigenvalue weighted by Crippen LogP contribution is 2.21. The second-order valence-electron chi connectivity index (χ2n) is 6.46. The minimum Gasteiger partial charge on any atom is -0.267 e. The van der Waals surface area contributed by atoms with Gasteiger partial charge in [-0.15, -0.1) is 0 Å². The third-order valence-corrected chi connectivity index (χ3v) is 5.41. The Morgan fingerprint density at radius 3 is 2.56 bits per heavy atom. The second-order valence-corrected chi connectivity index (χ2v) is 7.42. The maximum Gasteiger partial charge on any atom is 0.279 e. The Kier molecular flexibility index (Phi) is 4.80. The molecule has 1 amide bonds. The Morgan fingerprint density at radius 1 is 1.03 bits per heavy atom. The number of carbonyl (C=O) groups is 1. The van der Waals surface area contributed by atoms with Gasteiger partial charge in [0.05, 0.1) is 10.6 Å². The first kappa shape index (κ1) is 19.4. The normalized spacial score (nSPS) is 11.7. The minimum atomic E-state index is -0.483. The summed E-state index contributed by atoms with van der Waals surface area (Å²) in [5.41, 5.74) is 1.51. The molecule has 0 spiro atoms. The lowest BCUT2D eigenvalue weighted by Crippen LogP contribution is -2.16. The number of amides is 1. The van der Waals surface area contributed by atoms with Gasteiger partial charge in [-0.2, -0.15) is 24.7 Å². The van der Waals surface area contributed by atoms with Crippen molar-refractivity contribution in [3.63, 3.8) is 0 Å². The van der Waals surface area contributed by atoms with Crippen molar-refractivity contribution in [2.75, 3.05) is 0 Å². The molecule has 2 aromatic carbocycles. The van der Waals surface area contributed by atoms with Gasteiger partial charge in [0.15, 0.2) is 5.01 Å². The molecule has 12 heteroatoms. The number of fused-ring (bicyclic) bond motifs is 1. The first-order chi connectivity index (χ1) is 15.6. The summed E-state index contributed by atoms with van der Waals surface area (Å²) in [6, 6.07) is 16.2. The molecule has 5 rings (SSSR count). The van der Waals surface area contributed by atoms with Gasteiger partial charge in [-0.25, -0.2) is 9.67 Å². The van der Waals surface area contributed by atoms with Crippen LogP contribution >= 0.6 is 11.3 Å². The van der Waals surface area contributed by atoms with E-state index in [1.54, 1.807) is 48.7 Å². The highest BCUT2D eigenvalue weighted by atomic mass is 32.1. The second kappa shape index (κ2) is 7.92. The summed E-state index contributed by atoms with van der Waals surface area (Å²) in [7, 11) is 0. The highest BCUT2D eigenvalue weighted by Gasteiger charge is 2.15. The number of rotatable bonds is 4. The zero-order valence-electron chi connectivity index (χ0n) is 16.1. The summed E-state index contributed by atoms with van der Waals surface area (Å²) in [5, 5.41) is 20.3. The molecule has 0 aliphatic heterocycles. The number of non-ortho nitro benzene ring substituents is 1. The Balaban J connectivity index is 1.69. The predicted molar refractivity (Wildman–Crippen MR) is 114 cm³/mol. The fourth-order valence-corrected chi connectivity index (χ4v) is 3.89. The van der Waals surface area contributed by atoms with E-state index in [0.717, 1.165) is 0 Å². The Labute approximate surface area is 183 Å². The third kappa shape index (κ3) is 3.54. The van der Waals surface area contributed by atoms with Crippen molar-refractivity contribution in [1.82, 2.24) is 29.4 Å². The molecule has 5 aromatic rings. The molecule has 156 valence electrons. The number of nitrogens with zero attached hydrogens (tertiary/aromatic N) is 8. The van der Waals surface area contributed by atoms with Crippen LogP contribution in [0.2, 0.25) is 0 Å². The fraction of sp³-hybridized carbons (Fsp3) is 0. The lowest BCUT2D eigenvalue weighted by atomic mass is 10.2. The molecule has 0 saturated carbocycles. The zero-order chi connectivity index (χ0) is 22.1. The molecule has 0 fully saturated rings. The van der Waals surface area contributed by atoms with Gasteiger partial charge in [-0.05, 0) is 30.3 Å². The number of hydrogen-bond acceptors (Lipinski definition) is 8. The van der Waals surface area contributed by atoms with Crippen LogP contribution in [0.1, 0.15) is 10.4 Å². The average molecular weight is 444 g/mol. The van der Waals surface area contributed by atoms with Gasteiger partial charge in [0.1, 0.15) is 12.0 Å². The molecule has 0 unspecified atom stereocenters. The van der Waals surface area contributed by atoms with Gasteiger partial charge < -0.3 is 0 Å². The molecule has 0 aliphatic rings. The van der Waals surface area contributed by atoms with Gasteiger partial charge in [-0.3, -0.25) is 14.9 Å². The highest BCUT2D eigenvalue weighted by molar-refractivity contribution is 7.12. The van der Waals surface area contributed by atoms with Crippen LogP contribution in [0, 0.1) is 10.1 Å². The SMILES string of the molecule is O=C(N=c1sc(-c2ccnc3ncnn23)nn1-c1ccc([N+](=O)[O-])cc1)c1ccccc1.